The van der Waals surface area contributed by atoms with Crippen LogP contribution in [-0.2, 0) is 0 Å². The lowest BCUT2D eigenvalue weighted by Crippen LogP contribution is -2.10. The van der Waals surface area contributed by atoms with Crippen molar-refractivity contribution in [2.45, 2.75) is 0 Å². The SMILES string of the molecule is c1ccc(-c2ccc(N(c3ccc(-c4ccccc4)cc3)c3cc(-c4ccc5oc6ccccc6c5c4)cc(-c4ccc5c(c4)c4ccccc4n5-c4ccccc4)c3)cc2)cc1. The summed E-state index contributed by atoms with van der Waals surface area (Å²) in [7, 11) is 0. The highest BCUT2D eigenvalue weighted by molar-refractivity contribution is 6.11. The third kappa shape index (κ3) is 6.55. The summed E-state index contributed by atoms with van der Waals surface area (Å²) in [6.45, 7) is 0. The molecular weight excluding hydrogens is 765 g/mol. The molecule has 3 heteroatoms. The first-order chi connectivity index (χ1) is 31.2. The third-order valence-corrected chi connectivity index (χ3v) is 12.4. The second-order valence-corrected chi connectivity index (χ2v) is 16.2. The van der Waals surface area contributed by atoms with E-state index in [1.807, 2.05) is 12.1 Å². The Balaban J connectivity index is 1.07. The van der Waals surface area contributed by atoms with Crippen molar-refractivity contribution < 1.29 is 4.42 Å². The topological polar surface area (TPSA) is 21.3 Å². The minimum absolute atomic E-state index is 0.884. The van der Waals surface area contributed by atoms with Crippen molar-refractivity contribution >= 4 is 60.8 Å². The van der Waals surface area contributed by atoms with Gasteiger partial charge in [-0.2, -0.15) is 0 Å². The summed E-state index contributed by atoms with van der Waals surface area (Å²) in [6.07, 6.45) is 0. The minimum atomic E-state index is 0.884. The number of hydrogen-bond donors (Lipinski definition) is 0. The molecule has 0 saturated carbocycles. The van der Waals surface area contributed by atoms with Crippen LogP contribution in [0.2, 0.25) is 0 Å². The molecule has 296 valence electrons. The van der Waals surface area contributed by atoms with Gasteiger partial charge in [-0.1, -0.05) is 152 Å². The van der Waals surface area contributed by atoms with Crippen LogP contribution in [0.1, 0.15) is 0 Å². The average Bonchev–Trinajstić information content (AvgIpc) is 3.90. The maximum absolute atomic E-state index is 6.30. The van der Waals surface area contributed by atoms with Crippen LogP contribution in [0.3, 0.4) is 0 Å². The Morgan fingerprint density at radius 1 is 0.270 bits per heavy atom. The van der Waals surface area contributed by atoms with E-state index in [-0.39, 0.29) is 0 Å². The Morgan fingerprint density at radius 3 is 1.37 bits per heavy atom. The van der Waals surface area contributed by atoms with Gasteiger partial charge in [0.2, 0.25) is 0 Å². The molecule has 10 aromatic carbocycles. The number of aromatic nitrogens is 1. The molecule has 0 spiro atoms. The van der Waals surface area contributed by atoms with Crippen LogP contribution < -0.4 is 4.90 Å². The fourth-order valence-electron chi connectivity index (χ4n) is 9.30. The third-order valence-electron chi connectivity index (χ3n) is 12.4. The molecule has 2 aromatic heterocycles. The van der Waals surface area contributed by atoms with Crippen molar-refractivity contribution in [3.63, 3.8) is 0 Å². The molecule has 0 saturated heterocycles. The Kier molecular flexibility index (Phi) is 8.83. The van der Waals surface area contributed by atoms with Gasteiger partial charge in [-0.25, -0.2) is 0 Å². The number of benzene rings is 10. The maximum Gasteiger partial charge on any atom is 0.135 e. The van der Waals surface area contributed by atoms with Crippen molar-refractivity contribution in [2.24, 2.45) is 0 Å². The first kappa shape index (κ1) is 36.5. The number of furan rings is 1. The fourth-order valence-corrected chi connectivity index (χ4v) is 9.30. The second-order valence-electron chi connectivity index (χ2n) is 16.2. The smallest absolute Gasteiger partial charge is 0.135 e. The first-order valence-electron chi connectivity index (χ1n) is 21.5. The largest absolute Gasteiger partial charge is 0.456 e. The van der Waals surface area contributed by atoms with E-state index in [1.54, 1.807) is 0 Å². The average molecular weight is 805 g/mol. The summed E-state index contributed by atoms with van der Waals surface area (Å²) in [5.41, 5.74) is 17.8. The molecule has 0 unspecified atom stereocenters. The Labute approximate surface area is 366 Å². The van der Waals surface area contributed by atoms with Gasteiger partial charge in [-0.3, -0.25) is 0 Å². The zero-order chi connectivity index (χ0) is 41.7. The highest BCUT2D eigenvalue weighted by Crippen LogP contribution is 2.43. The van der Waals surface area contributed by atoms with E-state index in [0.29, 0.717) is 0 Å². The number of anilines is 3. The van der Waals surface area contributed by atoms with Gasteiger partial charge in [0.25, 0.3) is 0 Å². The lowest BCUT2D eigenvalue weighted by Gasteiger charge is -2.27. The van der Waals surface area contributed by atoms with Gasteiger partial charge < -0.3 is 13.9 Å². The molecule has 2 heterocycles. The molecular formula is C60H40N2O. The minimum Gasteiger partial charge on any atom is -0.456 e. The van der Waals surface area contributed by atoms with Gasteiger partial charge in [-0.15, -0.1) is 0 Å². The summed E-state index contributed by atoms with van der Waals surface area (Å²) >= 11 is 0. The standard InChI is InChI=1S/C60H40N2O/c1-4-14-41(15-5-1)43-24-30-50(31-25-43)61(51-32-26-44(27-33-51)42-16-6-2-7-17-42)52-37-47(36-48(38-52)46-29-35-60-56(40-46)54-21-11-13-23-59(54)63-60)45-28-34-58-55(39-45)53-20-10-12-22-57(53)62(58)49-18-8-3-9-19-49/h1-40H. The molecule has 0 aliphatic heterocycles. The van der Waals surface area contributed by atoms with Gasteiger partial charge in [0.15, 0.2) is 0 Å². The first-order valence-corrected chi connectivity index (χ1v) is 21.5. The Hall–Kier alpha value is -8.40. The van der Waals surface area contributed by atoms with Crippen LogP contribution in [0, 0.1) is 0 Å². The van der Waals surface area contributed by atoms with Gasteiger partial charge in [-0.05, 0) is 136 Å². The lowest BCUT2D eigenvalue weighted by molar-refractivity contribution is 0.669. The molecule has 12 aromatic rings. The Morgan fingerprint density at radius 2 is 0.730 bits per heavy atom. The number of hydrogen-bond acceptors (Lipinski definition) is 2. The van der Waals surface area contributed by atoms with Gasteiger partial charge >= 0.3 is 0 Å². The van der Waals surface area contributed by atoms with E-state index in [2.05, 4.69) is 240 Å². The number of rotatable bonds is 8. The monoisotopic (exact) mass is 804 g/mol. The molecule has 63 heavy (non-hydrogen) atoms. The molecule has 0 aliphatic carbocycles. The van der Waals surface area contributed by atoms with E-state index in [0.717, 1.165) is 66.9 Å². The second kappa shape index (κ2) is 15.3. The van der Waals surface area contributed by atoms with Crippen molar-refractivity contribution in [3.05, 3.63) is 243 Å². The zero-order valence-corrected chi connectivity index (χ0v) is 34.4. The van der Waals surface area contributed by atoms with Gasteiger partial charge in [0.1, 0.15) is 11.2 Å². The molecule has 0 fully saturated rings. The predicted molar refractivity (Wildman–Crippen MR) is 264 cm³/mol. The van der Waals surface area contributed by atoms with Crippen molar-refractivity contribution in [3.8, 4) is 50.2 Å². The molecule has 3 nitrogen and oxygen atoms in total. The Bertz CT molecular complexity index is 3500. The van der Waals surface area contributed by atoms with Crippen LogP contribution in [-0.4, -0.2) is 4.57 Å². The van der Waals surface area contributed by atoms with Crippen LogP contribution in [0.5, 0.6) is 0 Å². The molecule has 0 amide bonds. The van der Waals surface area contributed by atoms with Crippen LogP contribution in [0.15, 0.2) is 247 Å². The highest BCUT2D eigenvalue weighted by atomic mass is 16.3. The molecule has 0 bridgehead atoms. The van der Waals surface area contributed by atoms with E-state index in [4.69, 9.17) is 4.42 Å². The maximum atomic E-state index is 6.30. The van der Waals surface area contributed by atoms with Crippen molar-refractivity contribution in [1.82, 2.24) is 4.57 Å². The molecule has 0 aliphatic rings. The molecule has 12 rings (SSSR count). The van der Waals surface area contributed by atoms with Gasteiger partial charge in [0, 0.05) is 44.3 Å². The molecule has 0 atom stereocenters. The zero-order valence-electron chi connectivity index (χ0n) is 34.4. The van der Waals surface area contributed by atoms with E-state index >= 15 is 0 Å². The predicted octanol–water partition coefficient (Wildman–Crippen LogP) is 16.8. The quantitative estimate of drug-likeness (QED) is 0.153. The number of nitrogens with zero attached hydrogens (tertiary/aromatic N) is 2. The van der Waals surface area contributed by atoms with E-state index < -0.39 is 0 Å². The normalized spacial score (nSPS) is 11.5. The fraction of sp³-hybridized carbons (Fsp3) is 0. The summed E-state index contributed by atoms with van der Waals surface area (Å²) in [4.78, 5) is 2.39. The molecule has 0 radical (unpaired) electrons. The summed E-state index contributed by atoms with van der Waals surface area (Å²) in [5, 5.41) is 4.67. The van der Waals surface area contributed by atoms with E-state index in [9.17, 15) is 0 Å². The summed E-state index contributed by atoms with van der Waals surface area (Å²) in [5.74, 6) is 0. The van der Waals surface area contributed by atoms with Crippen LogP contribution >= 0.6 is 0 Å². The van der Waals surface area contributed by atoms with Crippen molar-refractivity contribution in [2.75, 3.05) is 4.90 Å². The lowest BCUT2D eigenvalue weighted by atomic mass is 9.95. The number of fused-ring (bicyclic) bond motifs is 6. The van der Waals surface area contributed by atoms with Crippen LogP contribution in [0.25, 0.3) is 93.9 Å². The highest BCUT2D eigenvalue weighted by Gasteiger charge is 2.19. The van der Waals surface area contributed by atoms with Crippen molar-refractivity contribution in [1.29, 1.82) is 0 Å². The number of para-hydroxylation sites is 3. The molecule has 0 N–H and O–H groups in total. The van der Waals surface area contributed by atoms with Gasteiger partial charge in [0.05, 0.1) is 11.0 Å². The van der Waals surface area contributed by atoms with Crippen LogP contribution in [0.4, 0.5) is 17.1 Å². The van der Waals surface area contributed by atoms with E-state index in [1.165, 1.54) is 44.1 Å². The summed E-state index contributed by atoms with van der Waals surface area (Å²) < 4.78 is 8.67. The summed E-state index contributed by atoms with van der Waals surface area (Å²) in [6, 6.07) is 87.3.